The highest BCUT2D eigenvalue weighted by Gasteiger charge is 2.16. The molecule has 0 aliphatic carbocycles. The maximum atomic E-state index is 12.1. The Bertz CT molecular complexity index is 1090. The van der Waals surface area contributed by atoms with Crippen molar-refractivity contribution in [2.75, 3.05) is 25.5 Å². The van der Waals surface area contributed by atoms with Crippen LogP contribution in [-0.2, 0) is 11.2 Å². The van der Waals surface area contributed by atoms with Crippen LogP contribution in [0.5, 0.6) is 11.5 Å². The summed E-state index contributed by atoms with van der Waals surface area (Å²) in [7, 11) is 0. The van der Waals surface area contributed by atoms with E-state index in [2.05, 4.69) is 16.5 Å². The smallest absolute Gasteiger partial charge is 0.220 e. The molecular weight excluding hydrogens is 418 g/mol. The molecule has 0 aliphatic rings. The number of para-hydroxylation sites is 3. The third-order valence-corrected chi connectivity index (χ3v) is 4.97. The second-order valence-corrected chi connectivity index (χ2v) is 7.35. The van der Waals surface area contributed by atoms with Crippen molar-refractivity contribution in [3.8, 4) is 23.3 Å². The van der Waals surface area contributed by atoms with Crippen LogP contribution in [0.15, 0.2) is 54.6 Å². The Balaban J connectivity index is 1.40. The van der Waals surface area contributed by atoms with E-state index in [0.717, 1.165) is 5.69 Å². The van der Waals surface area contributed by atoms with Gasteiger partial charge in [-0.1, -0.05) is 30.3 Å². The standard InChI is InChI=1S/C25H29N5O3/c1-2-32-22-13-6-7-14-23(22)33-17-9-15-24(31)28-16-8-12-21-20(18-26)25(27)30(29-21)19-10-4-3-5-11-19/h3-7,10-11,13-14H,2,8-9,12,15-17,27H2,1H3,(H,28,31). The molecule has 0 atom stereocenters. The summed E-state index contributed by atoms with van der Waals surface area (Å²) in [6.45, 7) is 3.42. The van der Waals surface area contributed by atoms with Crippen LogP contribution >= 0.6 is 0 Å². The highest BCUT2D eigenvalue weighted by Crippen LogP contribution is 2.26. The number of anilines is 1. The number of ether oxygens (including phenoxy) is 2. The van der Waals surface area contributed by atoms with E-state index < -0.39 is 0 Å². The van der Waals surface area contributed by atoms with Gasteiger partial charge in [0.15, 0.2) is 11.5 Å². The minimum absolute atomic E-state index is 0.0356. The van der Waals surface area contributed by atoms with Gasteiger partial charge < -0.3 is 20.5 Å². The lowest BCUT2D eigenvalue weighted by Gasteiger charge is -2.11. The molecule has 33 heavy (non-hydrogen) atoms. The maximum absolute atomic E-state index is 12.1. The number of hydrogen-bond donors (Lipinski definition) is 2. The third kappa shape index (κ3) is 6.50. The van der Waals surface area contributed by atoms with Crippen molar-refractivity contribution in [2.24, 2.45) is 0 Å². The number of benzene rings is 2. The molecular formula is C25H29N5O3. The van der Waals surface area contributed by atoms with E-state index in [1.54, 1.807) is 4.68 Å². The first-order valence-corrected chi connectivity index (χ1v) is 11.1. The van der Waals surface area contributed by atoms with Crippen molar-refractivity contribution in [3.05, 3.63) is 65.9 Å². The SMILES string of the molecule is CCOc1ccccc1OCCCC(=O)NCCCc1nn(-c2ccccc2)c(N)c1C#N. The predicted octanol–water partition coefficient (Wildman–Crippen LogP) is 3.63. The number of aromatic nitrogens is 2. The molecule has 0 radical (unpaired) electrons. The third-order valence-electron chi connectivity index (χ3n) is 4.97. The van der Waals surface area contributed by atoms with Crippen LogP contribution < -0.4 is 20.5 Å². The van der Waals surface area contributed by atoms with Crippen molar-refractivity contribution in [2.45, 2.75) is 32.6 Å². The summed E-state index contributed by atoms with van der Waals surface area (Å²) >= 11 is 0. The van der Waals surface area contributed by atoms with Gasteiger partial charge in [0.05, 0.1) is 24.6 Å². The summed E-state index contributed by atoms with van der Waals surface area (Å²) in [6.07, 6.45) is 2.17. The average molecular weight is 448 g/mol. The van der Waals surface area contributed by atoms with Gasteiger partial charge in [0.1, 0.15) is 17.5 Å². The van der Waals surface area contributed by atoms with Gasteiger partial charge in [-0.2, -0.15) is 10.4 Å². The molecule has 0 saturated carbocycles. The van der Waals surface area contributed by atoms with E-state index in [-0.39, 0.29) is 5.91 Å². The minimum Gasteiger partial charge on any atom is -0.490 e. The van der Waals surface area contributed by atoms with Crippen LogP contribution in [0, 0.1) is 11.3 Å². The molecule has 0 bridgehead atoms. The highest BCUT2D eigenvalue weighted by molar-refractivity contribution is 5.75. The zero-order valence-electron chi connectivity index (χ0n) is 18.8. The van der Waals surface area contributed by atoms with Gasteiger partial charge >= 0.3 is 0 Å². The van der Waals surface area contributed by atoms with Gasteiger partial charge in [-0.25, -0.2) is 4.68 Å². The maximum Gasteiger partial charge on any atom is 0.220 e. The van der Waals surface area contributed by atoms with Gasteiger partial charge in [-0.05, 0) is 50.5 Å². The highest BCUT2D eigenvalue weighted by atomic mass is 16.5. The van der Waals surface area contributed by atoms with Gasteiger partial charge in [-0.3, -0.25) is 4.79 Å². The number of nitrogens with zero attached hydrogens (tertiary/aromatic N) is 3. The Morgan fingerprint density at radius 3 is 2.48 bits per heavy atom. The number of hydrogen-bond acceptors (Lipinski definition) is 6. The lowest BCUT2D eigenvalue weighted by Crippen LogP contribution is -2.25. The van der Waals surface area contributed by atoms with Crippen molar-refractivity contribution >= 4 is 11.7 Å². The molecule has 3 rings (SSSR count). The number of nitrogens with two attached hydrogens (primary N) is 1. The number of amides is 1. The molecule has 1 heterocycles. The summed E-state index contributed by atoms with van der Waals surface area (Å²) in [5.41, 5.74) is 7.94. The predicted molar refractivity (Wildman–Crippen MR) is 126 cm³/mol. The second kappa shape index (κ2) is 12.2. The van der Waals surface area contributed by atoms with Gasteiger partial charge in [0, 0.05) is 13.0 Å². The van der Waals surface area contributed by atoms with E-state index >= 15 is 0 Å². The van der Waals surface area contributed by atoms with E-state index in [1.807, 2.05) is 61.5 Å². The lowest BCUT2D eigenvalue weighted by molar-refractivity contribution is -0.121. The molecule has 0 aliphatic heterocycles. The molecule has 3 aromatic rings. The van der Waals surface area contributed by atoms with Gasteiger partial charge in [-0.15, -0.1) is 0 Å². The van der Waals surface area contributed by atoms with Crippen LogP contribution in [-0.4, -0.2) is 35.4 Å². The summed E-state index contributed by atoms with van der Waals surface area (Å²) < 4.78 is 12.8. The second-order valence-electron chi connectivity index (χ2n) is 7.35. The fourth-order valence-corrected chi connectivity index (χ4v) is 3.37. The fraction of sp³-hybridized carbons (Fsp3) is 0.320. The van der Waals surface area contributed by atoms with Crippen LogP contribution in [0.3, 0.4) is 0 Å². The summed E-state index contributed by atoms with van der Waals surface area (Å²) in [6, 6.07) is 19.1. The zero-order chi connectivity index (χ0) is 23.5. The molecule has 1 aromatic heterocycles. The quantitative estimate of drug-likeness (QED) is 0.410. The molecule has 0 saturated heterocycles. The van der Waals surface area contributed by atoms with Gasteiger partial charge in [0.2, 0.25) is 5.91 Å². The van der Waals surface area contributed by atoms with Crippen molar-refractivity contribution in [3.63, 3.8) is 0 Å². The summed E-state index contributed by atoms with van der Waals surface area (Å²) in [5, 5.41) is 16.9. The van der Waals surface area contributed by atoms with Gasteiger partial charge in [0.25, 0.3) is 0 Å². The Labute approximate surface area is 193 Å². The van der Waals surface area contributed by atoms with Crippen molar-refractivity contribution in [1.82, 2.24) is 15.1 Å². The Kier molecular flexibility index (Phi) is 8.71. The van der Waals surface area contributed by atoms with E-state index in [4.69, 9.17) is 15.2 Å². The number of rotatable bonds is 12. The molecule has 3 N–H and O–H groups in total. The van der Waals surface area contributed by atoms with Crippen LogP contribution in [0.1, 0.15) is 37.4 Å². The lowest BCUT2D eigenvalue weighted by atomic mass is 10.1. The molecule has 2 aromatic carbocycles. The molecule has 8 nitrogen and oxygen atoms in total. The first-order valence-electron chi connectivity index (χ1n) is 11.1. The number of nitriles is 1. The molecule has 1 amide bonds. The average Bonchev–Trinajstić information content (AvgIpc) is 3.16. The zero-order valence-corrected chi connectivity index (χ0v) is 18.8. The van der Waals surface area contributed by atoms with Crippen LogP contribution in [0.2, 0.25) is 0 Å². The topological polar surface area (TPSA) is 115 Å². The number of aryl methyl sites for hydroxylation is 1. The first kappa shape index (κ1) is 23.7. The molecule has 8 heteroatoms. The number of carbonyl (C=O) groups is 1. The largest absolute Gasteiger partial charge is 0.490 e. The molecule has 0 fully saturated rings. The van der Waals surface area contributed by atoms with E-state index in [9.17, 15) is 10.1 Å². The Morgan fingerprint density at radius 1 is 1.09 bits per heavy atom. The van der Waals surface area contributed by atoms with E-state index in [1.165, 1.54) is 0 Å². The van der Waals surface area contributed by atoms with Crippen molar-refractivity contribution < 1.29 is 14.3 Å². The van der Waals surface area contributed by atoms with Crippen LogP contribution in [0.4, 0.5) is 5.82 Å². The normalized spacial score (nSPS) is 10.4. The van der Waals surface area contributed by atoms with Crippen LogP contribution in [0.25, 0.3) is 5.69 Å². The first-order chi connectivity index (χ1) is 16.1. The number of carbonyl (C=O) groups excluding carboxylic acids is 1. The van der Waals surface area contributed by atoms with Crippen molar-refractivity contribution in [1.29, 1.82) is 5.26 Å². The minimum atomic E-state index is -0.0356. The van der Waals surface area contributed by atoms with E-state index in [0.29, 0.717) is 74.0 Å². The number of nitrogens with one attached hydrogen (secondary N) is 1. The summed E-state index contributed by atoms with van der Waals surface area (Å²) in [5.74, 6) is 1.68. The monoisotopic (exact) mass is 447 g/mol. The molecule has 0 unspecified atom stereocenters. The molecule has 0 spiro atoms. The Hall–Kier alpha value is -3.99. The Morgan fingerprint density at radius 2 is 1.79 bits per heavy atom. The number of nitrogen functional groups attached to an aromatic ring is 1. The molecule has 172 valence electrons. The summed E-state index contributed by atoms with van der Waals surface area (Å²) in [4.78, 5) is 12.1. The fourth-order valence-electron chi connectivity index (χ4n) is 3.37.